The number of benzene rings is 1. The fraction of sp³-hybridized carbons (Fsp3) is 0.650. The maximum Gasteiger partial charge on any atom is 0.240 e. The van der Waals surface area contributed by atoms with E-state index in [-0.39, 0.29) is 34.6 Å². The van der Waals surface area contributed by atoms with Gasteiger partial charge in [0.05, 0.1) is 11.0 Å². The van der Waals surface area contributed by atoms with Crippen molar-refractivity contribution in [3.63, 3.8) is 0 Å². The number of hydrogen-bond acceptors (Lipinski definition) is 4. The molecule has 1 heterocycles. The lowest BCUT2D eigenvalue weighted by Gasteiger charge is -2.49. The lowest BCUT2D eigenvalue weighted by atomic mass is 9.61. The van der Waals surface area contributed by atoms with Crippen molar-refractivity contribution in [1.82, 2.24) is 10.0 Å². The number of nitrogens with one attached hydrogen (secondary N) is 2. The number of rotatable bonds is 5. The van der Waals surface area contributed by atoms with Crippen LogP contribution in [0.15, 0.2) is 29.2 Å². The summed E-state index contributed by atoms with van der Waals surface area (Å²) in [4.78, 5) is 12.7. The summed E-state index contributed by atoms with van der Waals surface area (Å²) in [5, 5.41) is 14.6. The second kappa shape index (κ2) is 8.05. The van der Waals surface area contributed by atoms with E-state index in [0.717, 1.165) is 31.2 Å². The van der Waals surface area contributed by atoms with Crippen LogP contribution in [0.3, 0.4) is 0 Å². The van der Waals surface area contributed by atoms with E-state index in [4.69, 9.17) is 0 Å². The van der Waals surface area contributed by atoms with Crippen molar-refractivity contribution in [3.05, 3.63) is 29.8 Å². The molecular formula is C20H27BrN2O4S. The van der Waals surface area contributed by atoms with Crippen molar-refractivity contribution in [2.75, 3.05) is 11.9 Å². The normalized spacial score (nSPS) is 35.1. The molecule has 6 nitrogen and oxygen atoms in total. The molecule has 1 saturated heterocycles. The van der Waals surface area contributed by atoms with Gasteiger partial charge in [-0.05, 0) is 55.2 Å². The van der Waals surface area contributed by atoms with E-state index >= 15 is 0 Å². The van der Waals surface area contributed by atoms with E-state index in [1.54, 1.807) is 12.1 Å². The van der Waals surface area contributed by atoms with Gasteiger partial charge in [0, 0.05) is 29.8 Å². The number of piperidine rings is 1. The summed E-state index contributed by atoms with van der Waals surface area (Å²) in [7, 11) is -3.53. The minimum absolute atomic E-state index is 0.0575. The Labute approximate surface area is 174 Å². The first-order valence-electron chi connectivity index (χ1n) is 10.1. The van der Waals surface area contributed by atoms with Gasteiger partial charge in [-0.2, -0.15) is 0 Å². The summed E-state index contributed by atoms with van der Waals surface area (Å²) in [6.45, 7) is 0.331. The molecule has 8 heteroatoms. The van der Waals surface area contributed by atoms with Gasteiger partial charge in [-0.1, -0.05) is 34.5 Å². The maximum absolute atomic E-state index is 12.4. The molecule has 1 amide bonds. The Hall–Kier alpha value is -0.960. The summed E-state index contributed by atoms with van der Waals surface area (Å²) < 4.78 is 27.2. The number of alkyl halides is 1. The second-order valence-corrected chi connectivity index (χ2v) is 10.8. The standard InChI is InChI=1S/C20H27BrN2O4S/c21-10-11-22-28(26,27)13-6-4-12(5-7-13)18-17(24)9-8-16-19(18)14-2-1-3-15(14)20(25)23-16/h4-7,14-19,22,24H,1-3,8-11H2,(H,23,25). The first-order chi connectivity index (χ1) is 13.4. The molecule has 0 radical (unpaired) electrons. The molecule has 0 aromatic heterocycles. The molecule has 3 aliphatic rings. The average Bonchev–Trinajstić information content (AvgIpc) is 3.18. The molecule has 1 aliphatic heterocycles. The quantitative estimate of drug-likeness (QED) is 0.574. The molecular weight excluding hydrogens is 444 g/mol. The van der Waals surface area contributed by atoms with E-state index in [0.29, 0.717) is 24.2 Å². The van der Waals surface area contributed by atoms with E-state index in [1.165, 1.54) is 0 Å². The molecule has 154 valence electrons. The van der Waals surface area contributed by atoms with Crippen LogP contribution in [0.1, 0.15) is 43.6 Å². The van der Waals surface area contributed by atoms with Gasteiger partial charge in [0.2, 0.25) is 15.9 Å². The van der Waals surface area contributed by atoms with E-state index in [1.807, 2.05) is 12.1 Å². The Morgan fingerprint density at radius 3 is 2.61 bits per heavy atom. The van der Waals surface area contributed by atoms with Crippen LogP contribution < -0.4 is 10.0 Å². The summed E-state index contributed by atoms with van der Waals surface area (Å²) >= 11 is 3.22. The summed E-state index contributed by atoms with van der Waals surface area (Å²) in [6.07, 6.45) is 4.01. The largest absolute Gasteiger partial charge is 0.392 e. The fourth-order valence-electron chi connectivity index (χ4n) is 5.60. The van der Waals surface area contributed by atoms with Gasteiger partial charge in [0.25, 0.3) is 0 Å². The molecule has 2 aliphatic carbocycles. The first kappa shape index (κ1) is 20.3. The highest BCUT2D eigenvalue weighted by Gasteiger charge is 2.52. The van der Waals surface area contributed by atoms with E-state index in [2.05, 4.69) is 26.0 Å². The SMILES string of the molecule is O=C1NC2CCC(O)C(c3ccc(S(=O)(=O)NCCBr)cc3)C2C2CCCC12. The third kappa shape index (κ3) is 3.64. The lowest BCUT2D eigenvalue weighted by molar-refractivity contribution is -0.134. The van der Waals surface area contributed by atoms with Crippen molar-refractivity contribution in [1.29, 1.82) is 0 Å². The molecule has 4 rings (SSSR count). The monoisotopic (exact) mass is 470 g/mol. The molecule has 28 heavy (non-hydrogen) atoms. The third-order valence-electron chi connectivity index (χ3n) is 6.76. The highest BCUT2D eigenvalue weighted by atomic mass is 79.9. The van der Waals surface area contributed by atoms with Crippen molar-refractivity contribution < 1.29 is 18.3 Å². The van der Waals surface area contributed by atoms with Gasteiger partial charge >= 0.3 is 0 Å². The van der Waals surface area contributed by atoms with Crippen molar-refractivity contribution in [2.24, 2.45) is 17.8 Å². The van der Waals surface area contributed by atoms with E-state index in [9.17, 15) is 18.3 Å². The number of halogens is 1. The number of aliphatic hydroxyl groups is 1. The molecule has 1 aromatic rings. The number of hydrogen-bond donors (Lipinski definition) is 3. The van der Waals surface area contributed by atoms with Crippen LogP contribution in [0.5, 0.6) is 0 Å². The summed E-state index contributed by atoms with van der Waals surface area (Å²) in [6, 6.07) is 7.01. The molecule has 0 spiro atoms. The zero-order valence-electron chi connectivity index (χ0n) is 15.7. The molecule has 2 saturated carbocycles. The number of aliphatic hydroxyl groups excluding tert-OH is 1. The molecule has 3 N–H and O–H groups in total. The number of sulfonamides is 1. The van der Waals surface area contributed by atoms with Crippen LogP contribution in [0.2, 0.25) is 0 Å². The maximum atomic E-state index is 12.4. The Morgan fingerprint density at radius 1 is 1.14 bits per heavy atom. The lowest BCUT2D eigenvalue weighted by Crippen LogP contribution is -2.58. The number of carbonyl (C=O) groups excluding carboxylic acids is 1. The highest BCUT2D eigenvalue weighted by Crippen LogP contribution is 2.51. The van der Waals surface area contributed by atoms with Crippen LogP contribution in [0, 0.1) is 17.8 Å². The number of amides is 1. The van der Waals surface area contributed by atoms with Gasteiger partial charge in [0.15, 0.2) is 0 Å². The van der Waals surface area contributed by atoms with Gasteiger partial charge in [-0.15, -0.1) is 0 Å². The second-order valence-electron chi connectivity index (χ2n) is 8.22. The Kier molecular flexibility index (Phi) is 5.84. The highest BCUT2D eigenvalue weighted by molar-refractivity contribution is 9.09. The van der Waals surface area contributed by atoms with Gasteiger partial charge in [0.1, 0.15) is 0 Å². The predicted molar refractivity (Wildman–Crippen MR) is 110 cm³/mol. The number of carbonyl (C=O) groups is 1. The fourth-order valence-corrected chi connectivity index (χ4v) is 7.09. The number of fused-ring (bicyclic) bond motifs is 3. The zero-order chi connectivity index (χ0) is 19.9. The Balaban J connectivity index is 1.62. The van der Waals surface area contributed by atoms with Gasteiger partial charge < -0.3 is 10.4 Å². The molecule has 6 atom stereocenters. The first-order valence-corrected chi connectivity index (χ1v) is 12.7. The third-order valence-corrected chi connectivity index (χ3v) is 8.63. The van der Waals surface area contributed by atoms with Crippen molar-refractivity contribution in [2.45, 2.75) is 55.1 Å². The van der Waals surface area contributed by atoms with Crippen molar-refractivity contribution >= 4 is 31.9 Å². The molecule has 0 bridgehead atoms. The molecule has 3 fully saturated rings. The summed E-state index contributed by atoms with van der Waals surface area (Å²) in [5.41, 5.74) is 0.962. The van der Waals surface area contributed by atoms with Gasteiger partial charge in [-0.3, -0.25) is 4.79 Å². The van der Waals surface area contributed by atoms with Crippen molar-refractivity contribution in [3.8, 4) is 0 Å². The van der Waals surface area contributed by atoms with Crippen LogP contribution in [-0.4, -0.2) is 43.5 Å². The van der Waals surface area contributed by atoms with Crippen LogP contribution in [-0.2, 0) is 14.8 Å². The Morgan fingerprint density at radius 2 is 1.89 bits per heavy atom. The van der Waals surface area contributed by atoms with Crippen LogP contribution in [0.25, 0.3) is 0 Å². The van der Waals surface area contributed by atoms with Crippen LogP contribution in [0.4, 0.5) is 0 Å². The van der Waals surface area contributed by atoms with Crippen LogP contribution >= 0.6 is 15.9 Å². The predicted octanol–water partition coefficient (Wildman–Crippen LogP) is 2.13. The smallest absolute Gasteiger partial charge is 0.240 e. The summed E-state index contributed by atoms with van der Waals surface area (Å²) in [5.74, 6) is 0.684. The minimum Gasteiger partial charge on any atom is -0.392 e. The zero-order valence-corrected chi connectivity index (χ0v) is 18.1. The molecule has 6 unspecified atom stereocenters. The van der Waals surface area contributed by atoms with E-state index < -0.39 is 16.1 Å². The molecule has 1 aromatic carbocycles. The van der Waals surface area contributed by atoms with Gasteiger partial charge in [-0.25, -0.2) is 13.1 Å². The Bertz CT molecular complexity index is 829. The minimum atomic E-state index is -3.53. The topological polar surface area (TPSA) is 95.5 Å². The average molecular weight is 471 g/mol.